The van der Waals surface area contributed by atoms with Gasteiger partial charge >= 0.3 is 0 Å². The summed E-state index contributed by atoms with van der Waals surface area (Å²) in [6, 6.07) is 8.57. The summed E-state index contributed by atoms with van der Waals surface area (Å²) in [4.78, 5) is 4.10. The molecule has 0 fully saturated rings. The number of rotatable bonds is 4. The Morgan fingerprint density at radius 1 is 1.21 bits per heavy atom. The lowest BCUT2D eigenvalue weighted by atomic mass is 10.1. The Kier molecular flexibility index (Phi) is 4.51. The van der Waals surface area contributed by atoms with Crippen LogP contribution in [0.15, 0.2) is 42.7 Å². The van der Waals surface area contributed by atoms with Crippen LogP contribution in [0.1, 0.15) is 37.1 Å². The molecular formula is C15H16ClFN2. The molecule has 0 spiro atoms. The molecule has 1 aromatic heterocycles. The van der Waals surface area contributed by atoms with Gasteiger partial charge in [0.25, 0.3) is 0 Å². The second kappa shape index (κ2) is 6.13. The second-order valence-corrected chi connectivity index (χ2v) is 4.97. The van der Waals surface area contributed by atoms with Gasteiger partial charge in [-0.2, -0.15) is 0 Å². The van der Waals surface area contributed by atoms with E-state index in [1.807, 2.05) is 25.3 Å². The molecule has 2 unspecified atom stereocenters. The number of benzene rings is 1. The Balaban J connectivity index is 2.10. The van der Waals surface area contributed by atoms with E-state index in [-0.39, 0.29) is 17.9 Å². The molecule has 0 amide bonds. The highest BCUT2D eigenvalue weighted by molar-refractivity contribution is 6.31. The Hall–Kier alpha value is -1.45. The third kappa shape index (κ3) is 3.52. The highest BCUT2D eigenvalue weighted by Gasteiger charge is 2.14. The summed E-state index contributed by atoms with van der Waals surface area (Å²) in [7, 11) is 0. The average molecular weight is 279 g/mol. The minimum absolute atomic E-state index is 0.0308. The molecule has 0 bridgehead atoms. The van der Waals surface area contributed by atoms with Crippen molar-refractivity contribution in [3.8, 4) is 0 Å². The fourth-order valence-corrected chi connectivity index (χ4v) is 2.38. The normalized spacial score (nSPS) is 14.1. The van der Waals surface area contributed by atoms with Crippen LogP contribution in [0, 0.1) is 5.82 Å². The van der Waals surface area contributed by atoms with E-state index in [0.29, 0.717) is 5.02 Å². The van der Waals surface area contributed by atoms with Crippen molar-refractivity contribution in [2.24, 2.45) is 0 Å². The number of aromatic nitrogens is 1. The van der Waals surface area contributed by atoms with E-state index >= 15 is 0 Å². The summed E-state index contributed by atoms with van der Waals surface area (Å²) >= 11 is 6.06. The van der Waals surface area contributed by atoms with Crippen molar-refractivity contribution < 1.29 is 4.39 Å². The summed E-state index contributed by atoms with van der Waals surface area (Å²) in [6.07, 6.45) is 3.58. The fraction of sp³-hybridized carbons (Fsp3) is 0.267. The van der Waals surface area contributed by atoms with Gasteiger partial charge in [-0.3, -0.25) is 4.98 Å². The molecule has 0 radical (unpaired) electrons. The van der Waals surface area contributed by atoms with Gasteiger partial charge in [-0.15, -0.1) is 0 Å². The van der Waals surface area contributed by atoms with Gasteiger partial charge in [-0.25, -0.2) is 4.39 Å². The molecule has 2 atom stereocenters. The monoisotopic (exact) mass is 278 g/mol. The zero-order valence-corrected chi connectivity index (χ0v) is 11.7. The molecule has 0 aliphatic heterocycles. The van der Waals surface area contributed by atoms with Crippen molar-refractivity contribution in [3.63, 3.8) is 0 Å². The largest absolute Gasteiger partial charge is 0.304 e. The van der Waals surface area contributed by atoms with Gasteiger partial charge in [0.15, 0.2) is 0 Å². The van der Waals surface area contributed by atoms with Gasteiger partial charge in [-0.05, 0) is 43.2 Å². The second-order valence-electron chi connectivity index (χ2n) is 4.56. The summed E-state index contributed by atoms with van der Waals surface area (Å²) in [5.74, 6) is -0.318. The quantitative estimate of drug-likeness (QED) is 0.903. The van der Waals surface area contributed by atoms with Gasteiger partial charge in [-0.1, -0.05) is 23.7 Å². The fourth-order valence-electron chi connectivity index (χ4n) is 2.05. The van der Waals surface area contributed by atoms with E-state index in [0.717, 1.165) is 11.1 Å². The molecular weight excluding hydrogens is 263 g/mol. The van der Waals surface area contributed by atoms with Crippen LogP contribution in [0.2, 0.25) is 5.02 Å². The Labute approximate surface area is 117 Å². The maximum atomic E-state index is 13.0. The first-order valence-corrected chi connectivity index (χ1v) is 6.56. The van der Waals surface area contributed by atoms with Crippen LogP contribution in [0.25, 0.3) is 0 Å². The molecule has 0 aliphatic carbocycles. The van der Waals surface area contributed by atoms with Crippen molar-refractivity contribution >= 4 is 11.6 Å². The lowest BCUT2D eigenvalue weighted by Gasteiger charge is -2.21. The molecule has 0 saturated heterocycles. The Bertz CT molecular complexity index is 545. The number of hydrogen-bond donors (Lipinski definition) is 1. The Morgan fingerprint density at radius 2 is 2.00 bits per heavy atom. The van der Waals surface area contributed by atoms with Gasteiger partial charge in [0.2, 0.25) is 0 Å². The maximum absolute atomic E-state index is 13.0. The van der Waals surface area contributed by atoms with Crippen molar-refractivity contribution in [2.45, 2.75) is 25.9 Å². The summed E-state index contributed by atoms with van der Waals surface area (Å²) in [5.41, 5.74) is 1.99. The molecule has 100 valence electrons. The number of nitrogens with one attached hydrogen (secondary N) is 1. The van der Waals surface area contributed by atoms with E-state index in [2.05, 4.69) is 17.2 Å². The van der Waals surface area contributed by atoms with Gasteiger partial charge in [0.05, 0.1) is 0 Å². The molecule has 2 aromatic rings. The lowest BCUT2D eigenvalue weighted by Crippen LogP contribution is -2.22. The number of hydrogen-bond acceptors (Lipinski definition) is 2. The summed E-state index contributed by atoms with van der Waals surface area (Å²) < 4.78 is 13.0. The van der Waals surface area contributed by atoms with E-state index in [1.54, 1.807) is 12.3 Å². The molecule has 0 saturated carbocycles. The maximum Gasteiger partial charge on any atom is 0.124 e. The van der Waals surface area contributed by atoms with Crippen molar-refractivity contribution in [3.05, 3.63) is 64.7 Å². The van der Waals surface area contributed by atoms with Crippen LogP contribution >= 0.6 is 11.6 Å². The van der Waals surface area contributed by atoms with Gasteiger partial charge in [0, 0.05) is 29.5 Å². The number of pyridine rings is 1. The SMILES string of the molecule is CC(NC(C)c1ccc(F)cc1Cl)c1cccnc1. The van der Waals surface area contributed by atoms with Gasteiger partial charge in [0.1, 0.15) is 5.82 Å². The van der Waals surface area contributed by atoms with Crippen LogP contribution in [0.5, 0.6) is 0 Å². The third-order valence-electron chi connectivity index (χ3n) is 3.11. The molecule has 1 heterocycles. The molecule has 19 heavy (non-hydrogen) atoms. The standard InChI is InChI=1S/C15H16ClFN2/c1-10(12-4-3-7-18-9-12)19-11(2)14-6-5-13(17)8-15(14)16/h3-11,19H,1-2H3. The zero-order valence-electron chi connectivity index (χ0n) is 10.9. The first kappa shape index (κ1) is 14.0. The highest BCUT2D eigenvalue weighted by atomic mass is 35.5. The number of halogens is 2. The van der Waals surface area contributed by atoms with E-state index < -0.39 is 0 Å². The molecule has 0 aliphatic rings. The number of nitrogens with zero attached hydrogens (tertiary/aromatic N) is 1. The predicted octanol–water partition coefficient (Wildman–Crippen LogP) is 4.29. The van der Waals surface area contributed by atoms with Crippen LogP contribution in [-0.2, 0) is 0 Å². The summed E-state index contributed by atoms with van der Waals surface area (Å²) in [6.45, 7) is 4.07. The zero-order chi connectivity index (χ0) is 13.8. The smallest absolute Gasteiger partial charge is 0.124 e. The van der Waals surface area contributed by atoms with Crippen LogP contribution in [0.4, 0.5) is 4.39 Å². The van der Waals surface area contributed by atoms with E-state index in [1.165, 1.54) is 12.1 Å². The van der Waals surface area contributed by atoms with E-state index in [4.69, 9.17) is 11.6 Å². The third-order valence-corrected chi connectivity index (χ3v) is 3.44. The molecule has 1 aromatic carbocycles. The first-order valence-electron chi connectivity index (χ1n) is 6.19. The van der Waals surface area contributed by atoms with Crippen LogP contribution in [0.3, 0.4) is 0 Å². The lowest BCUT2D eigenvalue weighted by molar-refractivity contribution is 0.493. The topological polar surface area (TPSA) is 24.9 Å². The van der Waals surface area contributed by atoms with Crippen molar-refractivity contribution in [1.82, 2.24) is 10.3 Å². The molecule has 4 heteroatoms. The minimum Gasteiger partial charge on any atom is -0.304 e. The van der Waals surface area contributed by atoms with Crippen molar-refractivity contribution in [2.75, 3.05) is 0 Å². The average Bonchev–Trinajstić information content (AvgIpc) is 2.39. The minimum atomic E-state index is -0.318. The van der Waals surface area contributed by atoms with Crippen molar-refractivity contribution in [1.29, 1.82) is 0 Å². The van der Waals surface area contributed by atoms with E-state index in [9.17, 15) is 4.39 Å². The summed E-state index contributed by atoms with van der Waals surface area (Å²) in [5, 5.41) is 3.87. The van der Waals surface area contributed by atoms with Crippen LogP contribution in [-0.4, -0.2) is 4.98 Å². The van der Waals surface area contributed by atoms with Gasteiger partial charge < -0.3 is 5.32 Å². The molecule has 1 N–H and O–H groups in total. The van der Waals surface area contributed by atoms with Crippen LogP contribution < -0.4 is 5.32 Å². The highest BCUT2D eigenvalue weighted by Crippen LogP contribution is 2.25. The molecule has 2 rings (SSSR count). The predicted molar refractivity (Wildman–Crippen MR) is 75.6 cm³/mol. The molecule has 2 nitrogen and oxygen atoms in total. The first-order chi connectivity index (χ1) is 9.08. The Morgan fingerprint density at radius 3 is 2.63 bits per heavy atom.